The summed E-state index contributed by atoms with van der Waals surface area (Å²) in [5, 5.41) is 10.6. The molecule has 0 N–H and O–H groups in total. The molecule has 202 valence electrons. The number of nitrogens with zero attached hydrogens (tertiary/aromatic N) is 2. The maximum atomic E-state index is 10.6. The lowest BCUT2D eigenvalue weighted by Crippen LogP contribution is -2.41. The molecule has 0 amide bonds. The monoisotopic (exact) mass is 510 g/mol. The van der Waals surface area contributed by atoms with E-state index in [1.807, 2.05) is 18.2 Å². The van der Waals surface area contributed by atoms with Gasteiger partial charge in [-0.2, -0.15) is 5.26 Å². The van der Waals surface area contributed by atoms with Crippen molar-refractivity contribution in [3.05, 3.63) is 41.5 Å². The number of nitriles is 1. The first-order valence-electron chi connectivity index (χ1n) is 13.0. The summed E-state index contributed by atoms with van der Waals surface area (Å²) in [7, 11) is 8.14. The molecule has 7 nitrogen and oxygen atoms in total. The van der Waals surface area contributed by atoms with Crippen LogP contribution in [0.15, 0.2) is 30.3 Å². The lowest BCUT2D eigenvalue weighted by Gasteiger charge is -2.39. The van der Waals surface area contributed by atoms with E-state index in [0.717, 1.165) is 62.4 Å². The Morgan fingerprint density at radius 3 is 2.11 bits per heavy atom. The molecular weight excluding hydrogens is 468 g/mol. The van der Waals surface area contributed by atoms with Crippen molar-refractivity contribution in [1.82, 2.24) is 4.90 Å². The molecule has 3 rings (SSSR count). The number of piperidine rings is 1. The Kier molecular flexibility index (Phi) is 9.93. The van der Waals surface area contributed by atoms with Crippen LogP contribution in [0.4, 0.5) is 0 Å². The Morgan fingerprint density at radius 1 is 0.919 bits per heavy atom. The topological polar surface area (TPSA) is 73.2 Å². The molecule has 0 saturated carbocycles. The number of likely N-dealkylation sites (tertiary alicyclic amines) is 1. The minimum atomic E-state index is -0.663. The second-order valence-electron chi connectivity index (χ2n) is 10.1. The standard InChI is InChI=1S/C30H42N2O5/c1-21(2)30(20-31,24-16-27(35-5)29(37-7)28(17-24)36-6)18-23-9-8-13-32(19-23)14-12-22-10-11-25(33-3)26(15-22)34-4/h10-11,15-17,21,23H,8-9,12-14,18-19H2,1-7H3. The summed E-state index contributed by atoms with van der Waals surface area (Å²) in [6.07, 6.45) is 3.97. The Morgan fingerprint density at radius 2 is 1.57 bits per heavy atom. The van der Waals surface area contributed by atoms with Crippen molar-refractivity contribution in [2.75, 3.05) is 55.2 Å². The highest BCUT2D eigenvalue weighted by Gasteiger charge is 2.40. The van der Waals surface area contributed by atoms with Crippen molar-refractivity contribution in [2.24, 2.45) is 11.8 Å². The fourth-order valence-corrected chi connectivity index (χ4v) is 5.56. The third-order valence-corrected chi connectivity index (χ3v) is 7.74. The predicted molar refractivity (Wildman–Crippen MR) is 145 cm³/mol. The van der Waals surface area contributed by atoms with Gasteiger partial charge in [0.05, 0.1) is 47.0 Å². The van der Waals surface area contributed by atoms with E-state index in [4.69, 9.17) is 23.7 Å². The van der Waals surface area contributed by atoms with Crippen molar-refractivity contribution < 1.29 is 23.7 Å². The van der Waals surface area contributed by atoms with E-state index in [1.165, 1.54) is 5.56 Å². The van der Waals surface area contributed by atoms with Crippen molar-refractivity contribution in [3.8, 4) is 34.8 Å². The van der Waals surface area contributed by atoms with Crippen molar-refractivity contribution in [1.29, 1.82) is 5.26 Å². The number of hydrogen-bond donors (Lipinski definition) is 0. The van der Waals surface area contributed by atoms with Crippen LogP contribution < -0.4 is 23.7 Å². The van der Waals surface area contributed by atoms with Gasteiger partial charge in [0.2, 0.25) is 5.75 Å². The zero-order chi connectivity index (χ0) is 27.0. The van der Waals surface area contributed by atoms with Gasteiger partial charge in [-0.05, 0) is 79.5 Å². The zero-order valence-corrected chi connectivity index (χ0v) is 23.4. The lowest BCUT2D eigenvalue weighted by atomic mass is 9.66. The number of benzene rings is 2. The largest absolute Gasteiger partial charge is 0.493 e. The minimum absolute atomic E-state index is 0.113. The van der Waals surface area contributed by atoms with E-state index in [2.05, 4.69) is 36.9 Å². The average Bonchev–Trinajstić information content (AvgIpc) is 2.93. The molecule has 2 atom stereocenters. The van der Waals surface area contributed by atoms with Crippen LogP contribution in [0.25, 0.3) is 0 Å². The van der Waals surface area contributed by atoms with Gasteiger partial charge >= 0.3 is 0 Å². The zero-order valence-electron chi connectivity index (χ0n) is 23.4. The van der Waals surface area contributed by atoms with Crippen LogP contribution in [-0.4, -0.2) is 60.1 Å². The van der Waals surface area contributed by atoms with Gasteiger partial charge in [-0.1, -0.05) is 19.9 Å². The number of rotatable bonds is 12. The summed E-state index contributed by atoms with van der Waals surface area (Å²) in [6.45, 7) is 7.29. The van der Waals surface area contributed by atoms with Gasteiger partial charge in [0.25, 0.3) is 0 Å². The Hall–Kier alpha value is -3.11. The summed E-state index contributed by atoms with van der Waals surface area (Å²) in [4.78, 5) is 2.53. The quantitative estimate of drug-likeness (QED) is 0.374. The number of methoxy groups -OCH3 is 5. The highest BCUT2D eigenvalue weighted by molar-refractivity contribution is 5.56. The van der Waals surface area contributed by atoms with Crippen molar-refractivity contribution in [2.45, 2.75) is 44.9 Å². The van der Waals surface area contributed by atoms with Gasteiger partial charge < -0.3 is 28.6 Å². The predicted octanol–water partition coefficient (Wildman–Crippen LogP) is 5.49. The summed E-state index contributed by atoms with van der Waals surface area (Å²) < 4.78 is 27.6. The van der Waals surface area contributed by atoms with E-state index in [9.17, 15) is 5.26 Å². The first-order valence-corrected chi connectivity index (χ1v) is 13.0. The molecule has 2 aromatic rings. The van der Waals surface area contributed by atoms with Crippen molar-refractivity contribution >= 4 is 0 Å². The van der Waals surface area contributed by atoms with E-state index in [1.54, 1.807) is 35.5 Å². The summed E-state index contributed by atoms with van der Waals surface area (Å²) in [5.41, 5.74) is 1.48. The summed E-state index contributed by atoms with van der Waals surface area (Å²) in [6, 6.07) is 12.7. The van der Waals surface area contributed by atoms with Crippen LogP contribution in [0.5, 0.6) is 28.7 Å². The van der Waals surface area contributed by atoms with E-state index >= 15 is 0 Å². The SMILES string of the molecule is COc1ccc(CCN2CCCC(CC(C#N)(c3cc(OC)c(OC)c(OC)c3)C(C)C)C2)cc1OC. The maximum absolute atomic E-state index is 10.6. The van der Waals surface area contributed by atoms with Gasteiger partial charge in [-0.25, -0.2) is 0 Å². The van der Waals surface area contributed by atoms with Gasteiger partial charge in [0.15, 0.2) is 23.0 Å². The van der Waals surface area contributed by atoms with Gasteiger partial charge in [-0.15, -0.1) is 0 Å². The molecule has 0 spiro atoms. The molecule has 1 saturated heterocycles. The Bertz CT molecular complexity index is 1060. The minimum Gasteiger partial charge on any atom is -0.493 e. The molecule has 2 unspecified atom stereocenters. The van der Waals surface area contributed by atoms with Crippen LogP contribution in [-0.2, 0) is 11.8 Å². The van der Waals surface area contributed by atoms with E-state index in [-0.39, 0.29) is 5.92 Å². The smallest absolute Gasteiger partial charge is 0.203 e. The molecule has 1 aliphatic heterocycles. The molecular formula is C30H42N2O5. The molecule has 0 aromatic heterocycles. The van der Waals surface area contributed by atoms with E-state index in [0.29, 0.717) is 23.2 Å². The molecule has 2 aromatic carbocycles. The van der Waals surface area contributed by atoms with Gasteiger partial charge in [0, 0.05) is 13.1 Å². The Labute approximate surface area is 222 Å². The molecule has 0 aliphatic carbocycles. The molecule has 0 bridgehead atoms. The van der Waals surface area contributed by atoms with Crippen LogP contribution in [0, 0.1) is 23.2 Å². The van der Waals surface area contributed by atoms with Crippen LogP contribution in [0.1, 0.15) is 44.2 Å². The van der Waals surface area contributed by atoms with Crippen molar-refractivity contribution in [3.63, 3.8) is 0 Å². The second-order valence-corrected chi connectivity index (χ2v) is 10.1. The normalized spacial score (nSPS) is 17.5. The molecule has 1 aliphatic rings. The summed E-state index contributed by atoms with van der Waals surface area (Å²) >= 11 is 0. The molecule has 1 heterocycles. The van der Waals surface area contributed by atoms with Crippen LogP contribution in [0.2, 0.25) is 0 Å². The second kappa shape index (κ2) is 12.9. The highest BCUT2D eigenvalue weighted by Crippen LogP contribution is 2.46. The highest BCUT2D eigenvalue weighted by atomic mass is 16.5. The number of ether oxygens (including phenoxy) is 5. The number of hydrogen-bond acceptors (Lipinski definition) is 7. The van der Waals surface area contributed by atoms with Gasteiger partial charge in [0.1, 0.15) is 0 Å². The molecule has 37 heavy (non-hydrogen) atoms. The fraction of sp³-hybridized carbons (Fsp3) is 0.567. The fourth-order valence-electron chi connectivity index (χ4n) is 5.56. The molecule has 7 heteroatoms. The third kappa shape index (κ3) is 6.24. The van der Waals surface area contributed by atoms with Crippen LogP contribution >= 0.6 is 0 Å². The third-order valence-electron chi connectivity index (χ3n) is 7.74. The van der Waals surface area contributed by atoms with Gasteiger partial charge in [-0.3, -0.25) is 0 Å². The summed E-state index contributed by atoms with van der Waals surface area (Å²) in [5.74, 6) is 3.75. The molecule has 1 fully saturated rings. The van der Waals surface area contributed by atoms with Crippen LogP contribution in [0.3, 0.4) is 0 Å². The Balaban J connectivity index is 1.78. The first-order chi connectivity index (χ1) is 17.8. The maximum Gasteiger partial charge on any atom is 0.203 e. The average molecular weight is 511 g/mol. The first kappa shape index (κ1) is 28.5. The lowest BCUT2D eigenvalue weighted by molar-refractivity contribution is 0.148. The molecule has 0 radical (unpaired) electrons. The van der Waals surface area contributed by atoms with E-state index < -0.39 is 5.41 Å².